The minimum Gasteiger partial charge on any atom is -0.380 e. The van der Waals surface area contributed by atoms with Gasteiger partial charge in [-0.3, -0.25) is 14.4 Å². The molecule has 0 amide bonds. The Hall–Kier alpha value is -5.03. The summed E-state index contributed by atoms with van der Waals surface area (Å²) in [5.74, 6) is -5.75. The van der Waals surface area contributed by atoms with E-state index in [4.69, 9.17) is 0 Å². The summed E-state index contributed by atoms with van der Waals surface area (Å²) in [6.07, 6.45) is 22.1. The lowest BCUT2D eigenvalue weighted by Crippen LogP contribution is -2.31. The van der Waals surface area contributed by atoms with Crippen molar-refractivity contribution in [2.75, 3.05) is 0 Å². The van der Waals surface area contributed by atoms with E-state index < -0.39 is 46.7 Å². The van der Waals surface area contributed by atoms with Crippen molar-refractivity contribution >= 4 is 74.5 Å². The second-order valence-corrected chi connectivity index (χ2v) is 19.9. The highest BCUT2D eigenvalue weighted by atomic mass is 32.1. The Balaban J connectivity index is 0.957. The van der Waals surface area contributed by atoms with E-state index in [0.29, 0.717) is 12.1 Å². The average Bonchev–Trinajstić information content (AvgIpc) is 4.04. The van der Waals surface area contributed by atoms with Crippen molar-refractivity contribution in [1.29, 1.82) is 0 Å². The monoisotopic (exact) mass is 840 g/mol. The van der Waals surface area contributed by atoms with E-state index in [1.807, 2.05) is 0 Å². The zero-order chi connectivity index (χ0) is 41.0. The number of allylic oxidation sites excluding steroid dienone is 9. The summed E-state index contributed by atoms with van der Waals surface area (Å²) in [6, 6.07) is 7.85. The highest BCUT2D eigenvalue weighted by Gasteiger charge is 2.52. The first-order valence-electron chi connectivity index (χ1n) is 20.9. The third-order valence-electron chi connectivity index (χ3n) is 14.7. The Morgan fingerprint density at radius 1 is 0.583 bits per heavy atom. The zero-order valence-electron chi connectivity index (χ0n) is 32.2. The number of carbonyl (C=O) groups is 3. The predicted octanol–water partition coefficient (Wildman–Crippen LogP) is 11.8. The van der Waals surface area contributed by atoms with Crippen molar-refractivity contribution in [3.63, 3.8) is 0 Å². The molecule has 3 unspecified atom stereocenters. The molecular formula is C50H36F4O4S2. The van der Waals surface area contributed by atoms with Crippen LogP contribution in [-0.4, -0.2) is 22.5 Å². The lowest BCUT2D eigenvalue weighted by molar-refractivity contribution is -0.120. The van der Waals surface area contributed by atoms with E-state index in [-0.39, 0.29) is 56.1 Å². The summed E-state index contributed by atoms with van der Waals surface area (Å²) in [7, 11) is 0. The van der Waals surface area contributed by atoms with E-state index in [9.17, 15) is 37.1 Å². The van der Waals surface area contributed by atoms with Crippen LogP contribution in [0.3, 0.4) is 0 Å². The molecule has 2 fully saturated rings. The Morgan fingerprint density at radius 2 is 1.08 bits per heavy atom. The number of halogens is 4. The molecular weight excluding hydrogens is 805 g/mol. The molecule has 10 heteroatoms. The Kier molecular flexibility index (Phi) is 7.82. The lowest BCUT2D eigenvalue weighted by atomic mass is 9.63. The molecule has 2 spiro atoms. The van der Waals surface area contributed by atoms with Gasteiger partial charge in [-0.2, -0.15) is 0 Å². The highest BCUT2D eigenvalue weighted by Crippen LogP contribution is 2.65. The van der Waals surface area contributed by atoms with Gasteiger partial charge < -0.3 is 5.11 Å². The number of carbonyl (C=O) groups excluding carboxylic acids is 3. The second-order valence-electron chi connectivity index (χ2n) is 17.7. The number of thiophene rings is 2. The summed E-state index contributed by atoms with van der Waals surface area (Å²) < 4.78 is 58.3. The maximum Gasteiger partial charge on any atom is 0.237 e. The molecule has 0 radical (unpaired) electrons. The van der Waals surface area contributed by atoms with Gasteiger partial charge >= 0.3 is 0 Å². The molecule has 60 heavy (non-hydrogen) atoms. The number of fused-ring (bicyclic) bond motifs is 13. The van der Waals surface area contributed by atoms with E-state index in [0.717, 1.165) is 91.0 Å². The fraction of sp³-hybridized carbons (Fsp3) is 0.300. The first-order chi connectivity index (χ1) is 29.0. The molecule has 8 aliphatic carbocycles. The Labute approximate surface area is 351 Å². The van der Waals surface area contributed by atoms with Crippen LogP contribution in [0.5, 0.6) is 0 Å². The average molecular weight is 841 g/mol. The fourth-order valence-corrected chi connectivity index (χ4v) is 14.6. The number of benzene rings is 2. The van der Waals surface area contributed by atoms with Crippen LogP contribution in [0.15, 0.2) is 71.8 Å². The molecule has 8 aliphatic rings. The minimum absolute atomic E-state index is 0.00703. The summed E-state index contributed by atoms with van der Waals surface area (Å²) in [5, 5.41) is 10.7. The van der Waals surface area contributed by atoms with Crippen molar-refractivity contribution in [1.82, 2.24) is 0 Å². The molecule has 0 saturated heterocycles. The van der Waals surface area contributed by atoms with Gasteiger partial charge in [-0.1, -0.05) is 62.8 Å². The lowest BCUT2D eigenvalue weighted by Gasteiger charge is -2.40. The van der Waals surface area contributed by atoms with Crippen molar-refractivity contribution in [2.24, 2.45) is 11.8 Å². The molecule has 2 aromatic carbocycles. The van der Waals surface area contributed by atoms with Crippen LogP contribution in [0, 0.1) is 35.1 Å². The molecule has 2 saturated carbocycles. The smallest absolute Gasteiger partial charge is 0.237 e. The topological polar surface area (TPSA) is 71.4 Å². The van der Waals surface area contributed by atoms with Crippen LogP contribution in [0.25, 0.3) is 34.4 Å². The normalized spacial score (nSPS) is 26.4. The van der Waals surface area contributed by atoms with Gasteiger partial charge in [-0.25, -0.2) is 17.6 Å². The number of aliphatic hydroxyl groups excluding tert-OH is 1. The summed E-state index contributed by atoms with van der Waals surface area (Å²) in [6.45, 7) is 0. The first kappa shape index (κ1) is 36.8. The molecule has 0 aliphatic heterocycles. The SMILES string of the molecule is O=C1C(=O)c2c(F)cc(F)cc2/C1=C/c1cc2c(s1)C1=CC3C=C4C(=CC3C=C1C21CCCCC1)c1sc(/C=C2\C(=O)C(O)c3c(F)cc(F)cc32)cc1C41CCCCC1. The van der Waals surface area contributed by atoms with Gasteiger partial charge in [0, 0.05) is 76.6 Å². The van der Waals surface area contributed by atoms with Crippen molar-refractivity contribution in [3.05, 3.63) is 148 Å². The maximum absolute atomic E-state index is 14.8. The van der Waals surface area contributed by atoms with Gasteiger partial charge in [-0.05, 0) is 101 Å². The number of hydrogen-bond donors (Lipinski definition) is 1. The largest absolute Gasteiger partial charge is 0.380 e. The van der Waals surface area contributed by atoms with Crippen LogP contribution in [0.2, 0.25) is 0 Å². The Bertz CT molecular complexity index is 2920. The van der Waals surface area contributed by atoms with E-state index in [1.165, 1.54) is 38.3 Å². The van der Waals surface area contributed by atoms with Crippen LogP contribution in [-0.2, 0) is 20.4 Å². The Morgan fingerprint density at radius 3 is 1.63 bits per heavy atom. The number of aliphatic hydroxyl groups is 1. The standard InChI is InChI=1S/C50H36F4O4S2/c51-25-15-29-31(43(55)45(57)41(29)39(53)17-25)19-27-21-37-47(59-27)33-11-24-14-36-34(12-23(24)13-35(33)49(37)7-3-1-4-8-49)48-38(50(36)9-5-2-6-10-50)22-28(60-48)20-32-30-16-26(52)18-40(54)42(30)46(58)44(32)56/h11-24,45,57H,1-10H2/b31-19-,32-20-. The molecule has 300 valence electrons. The van der Waals surface area contributed by atoms with Gasteiger partial charge in [0.25, 0.3) is 0 Å². The molecule has 0 bridgehead atoms. The first-order valence-corrected chi connectivity index (χ1v) is 22.5. The fourth-order valence-electron chi connectivity index (χ4n) is 12.1. The molecule has 3 atom stereocenters. The molecule has 4 aromatic rings. The van der Waals surface area contributed by atoms with Gasteiger partial charge in [0.1, 0.15) is 29.4 Å². The number of hydrogen-bond acceptors (Lipinski definition) is 6. The quantitative estimate of drug-likeness (QED) is 0.124. The highest BCUT2D eigenvalue weighted by molar-refractivity contribution is 7.15. The van der Waals surface area contributed by atoms with Crippen LogP contribution >= 0.6 is 22.7 Å². The van der Waals surface area contributed by atoms with Gasteiger partial charge in [0.2, 0.25) is 11.6 Å². The third kappa shape index (κ3) is 4.89. The maximum atomic E-state index is 14.8. The van der Waals surface area contributed by atoms with Crippen LogP contribution in [0.1, 0.15) is 128 Å². The third-order valence-corrected chi connectivity index (χ3v) is 16.9. The van der Waals surface area contributed by atoms with Gasteiger partial charge in [-0.15, -0.1) is 22.7 Å². The molecule has 1 N–H and O–H groups in total. The van der Waals surface area contributed by atoms with Gasteiger partial charge in [0.05, 0.1) is 5.56 Å². The summed E-state index contributed by atoms with van der Waals surface area (Å²) in [5.41, 5.74) is 6.96. The van der Waals surface area contributed by atoms with Crippen molar-refractivity contribution in [3.8, 4) is 0 Å². The van der Waals surface area contributed by atoms with Crippen molar-refractivity contribution < 1.29 is 37.1 Å². The van der Waals surface area contributed by atoms with Crippen LogP contribution in [0.4, 0.5) is 17.6 Å². The number of rotatable bonds is 2. The number of Topliss-reactive ketones (excluding diaryl/α,β-unsaturated/α-hetero) is 3. The molecule has 4 nitrogen and oxygen atoms in total. The molecule has 12 rings (SSSR count). The van der Waals surface area contributed by atoms with Crippen molar-refractivity contribution in [2.45, 2.75) is 81.1 Å². The predicted molar refractivity (Wildman–Crippen MR) is 225 cm³/mol. The van der Waals surface area contributed by atoms with Crippen LogP contribution < -0.4 is 0 Å². The zero-order valence-corrected chi connectivity index (χ0v) is 33.9. The second kappa shape index (κ2) is 12.8. The molecule has 2 aromatic heterocycles. The van der Waals surface area contributed by atoms with E-state index in [2.05, 4.69) is 36.4 Å². The van der Waals surface area contributed by atoms with E-state index in [1.54, 1.807) is 34.8 Å². The number of ketones is 3. The van der Waals surface area contributed by atoms with Gasteiger partial charge in [0.15, 0.2) is 5.78 Å². The summed E-state index contributed by atoms with van der Waals surface area (Å²) >= 11 is 3.17. The molecule has 2 heterocycles. The minimum atomic E-state index is -1.67. The van der Waals surface area contributed by atoms with E-state index >= 15 is 0 Å². The summed E-state index contributed by atoms with van der Waals surface area (Å²) in [4.78, 5) is 43.2.